The number of amides is 1. The van der Waals surface area contributed by atoms with Crippen LogP contribution in [0, 0.1) is 0 Å². The van der Waals surface area contributed by atoms with Gasteiger partial charge in [0.25, 0.3) is 0 Å². The Morgan fingerprint density at radius 1 is 0.739 bits per heavy atom. The zero-order valence-electron chi connectivity index (χ0n) is 36.3. The fourth-order valence-electron chi connectivity index (χ4n) is 7.62. The molecule has 8 N–H and O–H groups in total. The minimum absolute atomic E-state index is 0.102. The second-order valence-electron chi connectivity index (χ2n) is 15.3. The minimum Gasteiger partial charge on any atom is -0.486 e. The Bertz CT molecular complexity index is 3150. The summed E-state index contributed by atoms with van der Waals surface area (Å²) in [5.74, 6) is 3.24. The van der Waals surface area contributed by atoms with Crippen molar-refractivity contribution in [3.05, 3.63) is 73.7 Å². The van der Waals surface area contributed by atoms with E-state index in [1.54, 1.807) is 29.2 Å². The monoisotopic (exact) mass is 997 g/mol. The van der Waals surface area contributed by atoms with Crippen molar-refractivity contribution in [1.29, 1.82) is 0 Å². The fraction of sp³-hybridized carbons (Fsp3) is 0.279. The van der Waals surface area contributed by atoms with Crippen molar-refractivity contribution in [3.63, 3.8) is 0 Å². The van der Waals surface area contributed by atoms with Gasteiger partial charge in [0.2, 0.25) is 5.91 Å². The van der Waals surface area contributed by atoms with Crippen molar-refractivity contribution in [2.45, 2.75) is 45.0 Å². The number of hydrogen-bond acceptors (Lipinski definition) is 21. The van der Waals surface area contributed by atoms with E-state index in [4.69, 9.17) is 49.2 Å². The fourth-order valence-corrected chi connectivity index (χ4v) is 10.3. The molecule has 2 unspecified atom stereocenters. The number of anilines is 2. The van der Waals surface area contributed by atoms with Crippen LogP contribution in [-0.2, 0) is 29.0 Å². The van der Waals surface area contributed by atoms with Crippen LogP contribution in [0.3, 0.4) is 0 Å². The quantitative estimate of drug-likeness (QED) is 0.0281. The Morgan fingerprint density at radius 2 is 1.23 bits per heavy atom. The van der Waals surface area contributed by atoms with Gasteiger partial charge in [-0.2, -0.15) is 0 Å². The van der Waals surface area contributed by atoms with E-state index < -0.39 is 28.8 Å². The third kappa shape index (κ3) is 9.85. The number of fused-ring (bicyclic) bond motifs is 4. The standard InChI is InChI=1S/C43H43N13O10S3/c44-38-36-40(50-22-48-38)54(42(52-36)67-32-19-30-28(63-13-15-65-30)17-24(32)26-3-1-11-61-26)8-5-46-6-10-56(58)35(57)21-34(69(59)60)47-7-9-55-41-37(39(45)49-23-51-41)53-43(55)68-33-20-31-29(64-14-16-66-31)18-25(33)27-4-2-12-62-27/h1-4,11-12,17-20,22-23,34,46-47,58H,5-10,13-16,21H2,(H,59,60)(H2,44,48,50)(H2,45,49,51). The van der Waals surface area contributed by atoms with Gasteiger partial charge in [-0.25, -0.2) is 39.2 Å². The molecule has 2 aliphatic rings. The molecule has 8 heterocycles. The normalized spacial score (nSPS) is 14.1. The number of carbonyl (C=O) groups excluding carboxylic acids is 1. The molecule has 0 fully saturated rings. The smallest absolute Gasteiger partial charge is 0.248 e. The lowest BCUT2D eigenvalue weighted by Gasteiger charge is -2.21. The van der Waals surface area contributed by atoms with Crippen LogP contribution in [0.15, 0.2) is 103 Å². The van der Waals surface area contributed by atoms with Crippen LogP contribution >= 0.6 is 23.5 Å². The topological polar surface area (TPSA) is 304 Å². The van der Waals surface area contributed by atoms with Gasteiger partial charge >= 0.3 is 0 Å². The van der Waals surface area contributed by atoms with Crippen molar-refractivity contribution in [2.75, 3.05) is 64.1 Å². The molecule has 2 atom stereocenters. The maximum absolute atomic E-state index is 13.2. The molecular weight excluding hydrogens is 955 g/mol. The van der Waals surface area contributed by atoms with Gasteiger partial charge in [-0.05, 0) is 48.5 Å². The number of benzene rings is 2. The summed E-state index contributed by atoms with van der Waals surface area (Å²) in [7, 11) is 0. The number of aromatic nitrogens is 8. The highest BCUT2D eigenvalue weighted by molar-refractivity contribution is 7.99. The first-order valence-corrected chi connectivity index (χ1v) is 24.3. The van der Waals surface area contributed by atoms with E-state index in [1.807, 2.05) is 41.0 Å². The lowest BCUT2D eigenvalue weighted by molar-refractivity contribution is -0.165. The zero-order valence-corrected chi connectivity index (χ0v) is 38.8. The Balaban J connectivity index is 0.768. The van der Waals surface area contributed by atoms with E-state index in [2.05, 4.69) is 30.6 Å². The molecule has 0 radical (unpaired) electrons. The number of nitrogens with one attached hydrogen (secondary N) is 2. The predicted octanol–water partition coefficient (Wildman–Crippen LogP) is 4.53. The van der Waals surface area contributed by atoms with Crippen molar-refractivity contribution in [2.24, 2.45) is 0 Å². The number of hydroxylamine groups is 2. The first-order valence-electron chi connectivity index (χ1n) is 21.5. The molecule has 358 valence electrons. The van der Waals surface area contributed by atoms with Gasteiger partial charge in [0, 0.05) is 53.6 Å². The highest BCUT2D eigenvalue weighted by Crippen LogP contribution is 2.46. The summed E-state index contributed by atoms with van der Waals surface area (Å²) in [5.41, 5.74) is 15.7. The molecule has 69 heavy (non-hydrogen) atoms. The molecule has 0 bridgehead atoms. The Morgan fingerprint density at radius 3 is 1.71 bits per heavy atom. The summed E-state index contributed by atoms with van der Waals surface area (Å²) in [4.78, 5) is 41.5. The molecule has 6 aromatic heterocycles. The third-order valence-corrected chi connectivity index (χ3v) is 13.9. The number of ether oxygens (including phenoxy) is 4. The van der Waals surface area contributed by atoms with E-state index in [9.17, 15) is 18.8 Å². The average molecular weight is 998 g/mol. The van der Waals surface area contributed by atoms with E-state index in [-0.39, 0.29) is 37.8 Å². The molecule has 8 aromatic rings. The summed E-state index contributed by atoms with van der Waals surface area (Å²) in [5, 5.41) is 17.3. The molecule has 2 aromatic carbocycles. The van der Waals surface area contributed by atoms with Gasteiger partial charge in [0.15, 0.2) is 78.4 Å². The first kappa shape index (κ1) is 45.8. The number of nitrogens with two attached hydrogens (primary N) is 2. The second kappa shape index (κ2) is 20.3. The highest BCUT2D eigenvalue weighted by Gasteiger charge is 2.26. The number of nitrogens with zero attached hydrogens (tertiary/aromatic N) is 9. The predicted molar refractivity (Wildman–Crippen MR) is 252 cm³/mol. The van der Waals surface area contributed by atoms with Crippen LogP contribution in [0.5, 0.6) is 23.0 Å². The van der Waals surface area contributed by atoms with E-state index in [0.717, 1.165) is 20.9 Å². The summed E-state index contributed by atoms with van der Waals surface area (Å²) in [6.45, 7) is 2.77. The third-order valence-electron chi connectivity index (χ3n) is 10.9. The molecule has 26 heteroatoms. The number of furan rings is 2. The molecule has 10 rings (SSSR count). The molecule has 2 aliphatic heterocycles. The molecule has 0 aliphatic carbocycles. The van der Waals surface area contributed by atoms with E-state index in [1.165, 1.54) is 36.2 Å². The van der Waals surface area contributed by atoms with E-state index >= 15 is 0 Å². The summed E-state index contributed by atoms with van der Waals surface area (Å²) in [6.07, 6.45) is 5.40. The molecule has 1 amide bonds. The maximum atomic E-state index is 13.2. The maximum Gasteiger partial charge on any atom is 0.248 e. The SMILES string of the molecule is Nc1ncnc2c1nc(Sc1cc3c(cc1-c1ccco1)OCCO3)n2CCNCCN(O)C(=O)CC(NCCn1c(Sc2cc3c(cc2-c2ccco2)OCCO3)nc2c(N)ncnc21)S(=O)O. The van der Waals surface area contributed by atoms with Crippen LogP contribution in [0.25, 0.3) is 45.0 Å². The summed E-state index contributed by atoms with van der Waals surface area (Å²) >= 11 is 0.190. The van der Waals surface area contributed by atoms with Crippen LogP contribution < -0.4 is 41.0 Å². The number of imidazole rings is 2. The second-order valence-corrected chi connectivity index (χ2v) is 18.4. The van der Waals surface area contributed by atoms with Gasteiger partial charge in [-0.1, -0.05) is 23.5 Å². The molecular formula is C43H43N13O10S3. The average Bonchev–Trinajstić information content (AvgIpc) is 4.20. The summed E-state index contributed by atoms with van der Waals surface area (Å²) in [6, 6.07) is 14.8. The van der Waals surface area contributed by atoms with Gasteiger partial charge in [0.1, 0.15) is 56.0 Å². The number of carbonyl (C=O) groups is 1. The Kier molecular flexibility index (Phi) is 13.5. The van der Waals surface area contributed by atoms with Crippen molar-refractivity contribution in [1.82, 2.24) is 54.7 Å². The highest BCUT2D eigenvalue weighted by atomic mass is 32.2. The minimum atomic E-state index is -2.49. The Hall–Kier alpha value is -6.94. The van der Waals surface area contributed by atoms with Crippen molar-refractivity contribution < 1.29 is 46.5 Å². The lowest BCUT2D eigenvalue weighted by Crippen LogP contribution is -2.42. The number of nitrogen functional groups attached to an aromatic ring is 2. The van der Waals surface area contributed by atoms with Gasteiger partial charge in [-0.15, -0.1) is 0 Å². The largest absolute Gasteiger partial charge is 0.486 e. The number of rotatable bonds is 19. The van der Waals surface area contributed by atoms with E-state index in [0.29, 0.717) is 112 Å². The van der Waals surface area contributed by atoms with Gasteiger partial charge < -0.3 is 58.3 Å². The van der Waals surface area contributed by atoms with Crippen molar-refractivity contribution in [3.8, 4) is 45.6 Å². The van der Waals surface area contributed by atoms with Crippen molar-refractivity contribution >= 4 is 74.5 Å². The number of hydrogen-bond donors (Lipinski definition) is 6. The first-order chi connectivity index (χ1) is 33.7. The molecule has 0 spiro atoms. The van der Waals surface area contributed by atoms with Crippen LogP contribution in [0.2, 0.25) is 0 Å². The van der Waals surface area contributed by atoms with Crippen LogP contribution in [0.1, 0.15) is 6.42 Å². The van der Waals surface area contributed by atoms with Crippen LogP contribution in [0.4, 0.5) is 11.6 Å². The molecule has 0 saturated carbocycles. The molecule has 0 saturated heterocycles. The van der Waals surface area contributed by atoms with Gasteiger partial charge in [-0.3, -0.25) is 15.3 Å². The summed E-state index contributed by atoms with van der Waals surface area (Å²) < 4.78 is 61.5. The van der Waals surface area contributed by atoms with Crippen LogP contribution in [-0.4, -0.2) is 122 Å². The zero-order chi connectivity index (χ0) is 47.4. The lowest BCUT2D eigenvalue weighted by atomic mass is 10.1. The van der Waals surface area contributed by atoms with Gasteiger partial charge in [0.05, 0.1) is 25.5 Å². The Labute approximate surface area is 402 Å². The molecule has 23 nitrogen and oxygen atoms in total.